The number of carbonyl (C=O) groups is 1. The number of aliphatic imine (C=N–C) groups is 1. The molecule has 0 bridgehead atoms. The van der Waals surface area contributed by atoms with Gasteiger partial charge < -0.3 is 9.84 Å². The van der Waals surface area contributed by atoms with Crippen LogP contribution in [0.3, 0.4) is 0 Å². The second kappa shape index (κ2) is 7.35. The van der Waals surface area contributed by atoms with Gasteiger partial charge in [0.15, 0.2) is 10.9 Å². The van der Waals surface area contributed by atoms with Crippen LogP contribution in [-0.2, 0) is 4.79 Å². The van der Waals surface area contributed by atoms with Gasteiger partial charge in [-0.1, -0.05) is 0 Å². The summed E-state index contributed by atoms with van der Waals surface area (Å²) in [6.07, 6.45) is 1.53. The summed E-state index contributed by atoms with van der Waals surface area (Å²) in [5, 5.41) is 21.5. The van der Waals surface area contributed by atoms with Crippen molar-refractivity contribution in [2.24, 2.45) is 4.99 Å². The number of thioether (sulfide) groups is 1. The number of benzene rings is 1. The van der Waals surface area contributed by atoms with Crippen LogP contribution in [0.4, 0.5) is 5.69 Å². The fraction of sp³-hybridized carbons (Fsp3) is 0.333. The minimum absolute atomic E-state index is 0.0266. The van der Waals surface area contributed by atoms with Gasteiger partial charge in [-0.15, -0.1) is 0 Å². The van der Waals surface area contributed by atoms with Gasteiger partial charge in [-0.05, 0) is 43.3 Å². The predicted molar refractivity (Wildman–Crippen MR) is 92.2 cm³/mol. The van der Waals surface area contributed by atoms with E-state index in [1.54, 1.807) is 4.90 Å². The zero-order valence-corrected chi connectivity index (χ0v) is 14.3. The van der Waals surface area contributed by atoms with Crippen LogP contribution in [0.5, 0.6) is 11.5 Å². The van der Waals surface area contributed by atoms with Crippen molar-refractivity contribution in [3.8, 4) is 11.5 Å². The number of amides is 1. The van der Waals surface area contributed by atoms with Crippen molar-refractivity contribution in [2.75, 3.05) is 20.2 Å². The minimum Gasteiger partial charge on any atom is -0.500 e. The number of amidine groups is 1. The number of aromatic hydroxyl groups is 1. The number of phenolic OH excluding ortho intramolecular Hbond substituents is 1. The maximum absolute atomic E-state index is 12.4. The molecular formula is C15H17N3O5S. The van der Waals surface area contributed by atoms with E-state index in [-0.39, 0.29) is 11.7 Å². The molecule has 1 aliphatic rings. The molecule has 1 N–H and O–H groups in total. The highest BCUT2D eigenvalue weighted by Gasteiger charge is 2.32. The Morgan fingerprint density at radius 2 is 2.17 bits per heavy atom. The average Bonchev–Trinajstić information content (AvgIpc) is 2.84. The van der Waals surface area contributed by atoms with Crippen LogP contribution < -0.4 is 4.74 Å². The van der Waals surface area contributed by atoms with Crippen LogP contribution in [-0.4, -0.2) is 46.2 Å². The fourth-order valence-corrected chi connectivity index (χ4v) is 3.29. The number of carbonyl (C=O) groups excluding carboxylic acids is 1. The SMILES string of the molecule is CCN=C1SC(=Cc2cc(OC)c(O)c([N+](=O)[O-])c2)C(=O)N1CC. The molecule has 24 heavy (non-hydrogen) atoms. The maximum Gasteiger partial charge on any atom is 0.315 e. The summed E-state index contributed by atoms with van der Waals surface area (Å²) in [5.41, 5.74) is -0.0903. The van der Waals surface area contributed by atoms with Crippen LogP contribution in [0.1, 0.15) is 19.4 Å². The number of nitro benzene ring substituents is 1. The Bertz CT molecular complexity index is 745. The molecule has 1 fully saturated rings. The standard InChI is InChI=1S/C15H17N3O5S/c1-4-16-15-17(5-2)14(20)12(24-15)8-9-6-10(18(21)22)13(19)11(7-9)23-3/h6-8,19H,4-5H2,1-3H3. The summed E-state index contributed by atoms with van der Waals surface area (Å²) >= 11 is 1.22. The molecule has 2 rings (SSSR count). The van der Waals surface area contributed by atoms with Crippen molar-refractivity contribution in [3.05, 3.63) is 32.7 Å². The molecule has 1 aliphatic heterocycles. The summed E-state index contributed by atoms with van der Waals surface area (Å²) in [6, 6.07) is 2.64. The highest BCUT2D eigenvalue weighted by atomic mass is 32.2. The summed E-state index contributed by atoms with van der Waals surface area (Å²) in [5.74, 6) is -0.774. The fourth-order valence-electron chi connectivity index (χ4n) is 2.18. The van der Waals surface area contributed by atoms with Crippen LogP contribution in [0.25, 0.3) is 6.08 Å². The van der Waals surface area contributed by atoms with Gasteiger partial charge in [0.2, 0.25) is 5.75 Å². The van der Waals surface area contributed by atoms with Crippen LogP contribution in [0, 0.1) is 10.1 Å². The molecule has 8 nitrogen and oxygen atoms in total. The first-order chi connectivity index (χ1) is 11.4. The van der Waals surface area contributed by atoms with Gasteiger partial charge in [0, 0.05) is 19.2 Å². The number of likely N-dealkylation sites (N-methyl/N-ethyl adjacent to an activating group) is 1. The summed E-state index contributed by atoms with van der Waals surface area (Å²) in [6.45, 7) is 4.77. The van der Waals surface area contributed by atoms with E-state index in [2.05, 4.69) is 4.99 Å². The lowest BCUT2D eigenvalue weighted by Crippen LogP contribution is -2.28. The molecule has 0 aliphatic carbocycles. The molecule has 1 aromatic carbocycles. The van der Waals surface area contributed by atoms with Crippen molar-refractivity contribution in [3.63, 3.8) is 0 Å². The zero-order chi connectivity index (χ0) is 17.9. The Labute approximate surface area is 143 Å². The molecule has 0 unspecified atom stereocenters. The molecule has 128 valence electrons. The predicted octanol–water partition coefficient (Wildman–Crippen LogP) is 2.62. The quantitative estimate of drug-likeness (QED) is 0.497. The first-order valence-corrected chi connectivity index (χ1v) is 8.05. The number of ether oxygens (including phenoxy) is 1. The van der Waals surface area contributed by atoms with Gasteiger partial charge >= 0.3 is 5.69 Å². The Balaban J connectivity index is 2.48. The Hall–Kier alpha value is -2.55. The number of rotatable bonds is 5. The Morgan fingerprint density at radius 1 is 1.46 bits per heavy atom. The van der Waals surface area contributed by atoms with Crippen LogP contribution in [0.15, 0.2) is 22.0 Å². The lowest BCUT2D eigenvalue weighted by atomic mass is 10.1. The monoisotopic (exact) mass is 351 g/mol. The molecular weight excluding hydrogens is 334 g/mol. The van der Waals surface area contributed by atoms with E-state index in [0.29, 0.717) is 28.7 Å². The van der Waals surface area contributed by atoms with Gasteiger partial charge in [0.25, 0.3) is 5.91 Å². The van der Waals surface area contributed by atoms with Gasteiger partial charge in [0.1, 0.15) is 0 Å². The first-order valence-electron chi connectivity index (χ1n) is 7.24. The topological polar surface area (TPSA) is 105 Å². The van der Waals surface area contributed by atoms with Crippen molar-refractivity contribution in [2.45, 2.75) is 13.8 Å². The highest BCUT2D eigenvalue weighted by molar-refractivity contribution is 8.18. The molecule has 1 aromatic rings. The molecule has 9 heteroatoms. The van der Waals surface area contributed by atoms with Gasteiger partial charge in [-0.3, -0.25) is 24.8 Å². The molecule has 0 spiro atoms. The van der Waals surface area contributed by atoms with Crippen molar-refractivity contribution in [1.29, 1.82) is 0 Å². The van der Waals surface area contributed by atoms with Crippen molar-refractivity contribution in [1.82, 2.24) is 4.90 Å². The third kappa shape index (κ3) is 3.35. The molecule has 0 atom stereocenters. The van der Waals surface area contributed by atoms with E-state index in [4.69, 9.17) is 4.74 Å². The zero-order valence-electron chi connectivity index (χ0n) is 13.5. The minimum atomic E-state index is -0.703. The lowest BCUT2D eigenvalue weighted by molar-refractivity contribution is -0.386. The van der Waals surface area contributed by atoms with Gasteiger partial charge in [0.05, 0.1) is 16.9 Å². The number of hydrogen-bond donors (Lipinski definition) is 1. The average molecular weight is 351 g/mol. The number of nitro groups is 1. The van der Waals surface area contributed by atoms with Gasteiger partial charge in [-0.2, -0.15) is 0 Å². The molecule has 1 heterocycles. The lowest BCUT2D eigenvalue weighted by Gasteiger charge is -2.11. The maximum atomic E-state index is 12.4. The second-order valence-corrected chi connectivity index (χ2v) is 5.77. The van der Waals surface area contributed by atoms with Crippen molar-refractivity contribution < 1.29 is 19.6 Å². The Kier molecular flexibility index (Phi) is 5.45. The van der Waals surface area contributed by atoms with E-state index in [0.717, 1.165) is 0 Å². The van der Waals surface area contributed by atoms with Crippen LogP contribution in [0.2, 0.25) is 0 Å². The van der Waals surface area contributed by atoms with Crippen molar-refractivity contribution >= 4 is 34.6 Å². The molecule has 0 aromatic heterocycles. The van der Waals surface area contributed by atoms with Crippen LogP contribution >= 0.6 is 11.8 Å². The molecule has 0 saturated carbocycles. The Morgan fingerprint density at radius 3 is 2.71 bits per heavy atom. The van der Waals surface area contributed by atoms with E-state index in [9.17, 15) is 20.0 Å². The number of hydrogen-bond acceptors (Lipinski definition) is 7. The molecule has 1 amide bonds. The largest absolute Gasteiger partial charge is 0.500 e. The van der Waals surface area contributed by atoms with E-state index < -0.39 is 16.4 Å². The molecule has 1 saturated heterocycles. The van der Waals surface area contributed by atoms with E-state index in [1.807, 2.05) is 13.8 Å². The summed E-state index contributed by atoms with van der Waals surface area (Å²) in [7, 11) is 1.30. The third-order valence-electron chi connectivity index (χ3n) is 3.29. The van der Waals surface area contributed by atoms with E-state index in [1.165, 1.54) is 37.1 Å². The third-order valence-corrected chi connectivity index (χ3v) is 4.33. The normalized spacial score (nSPS) is 17.8. The number of nitrogens with zero attached hydrogens (tertiary/aromatic N) is 3. The number of phenols is 1. The first kappa shape index (κ1) is 17.8. The second-order valence-electron chi connectivity index (χ2n) is 4.76. The smallest absolute Gasteiger partial charge is 0.315 e. The number of methoxy groups -OCH3 is 1. The highest BCUT2D eigenvalue weighted by Crippen LogP contribution is 2.39. The van der Waals surface area contributed by atoms with E-state index >= 15 is 0 Å². The molecule has 0 radical (unpaired) electrons. The van der Waals surface area contributed by atoms with Gasteiger partial charge in [-0.25, -0.2) is 0 Å². The summed E-state index contributed by atoms with van der Waals surface area (Å²) in [4.78, 5) is 29.0. The summed E-state index contributed by atoms with van der Waals surface area (Å²) < 4.78 is 4.96.